The van der Waals surface area contributed by atoms with E-state index in [0.29, 0.717) is 6.04 Å². The number of para-hydroxylation sites is 1. The molecule has 1 heterocycles. The van der Waals surface area contributed by atoms with Crippen molar-refractivity contribution in [2.45, 2.75) is 25.4 Å². The number of nitrogens with zero attached hydrogens (tertiary/aromatic N) is 1. The van der Waals surface area contributed by atoms with Crippen molar-refractivity contribution in [2.24, 2.45) is 0 Å². The van der Waals surface area contributed by atoms with Gasteiger partial charge < -0.3 is 10.1 Å². The number of anilines is 1. The Morgan fingerprint density at radius 1 is 0.741 bits per heavy atom. The molecule has 0 radical (unpaired) electrons. The normalized spacial score (nSPS) is 15.4. The Hall–Kier alpha value is -2.78. The average molecular weight is 358 g/mol. The molecule has 3 heteroatoms. The molecule has 27 heavy (non-hydrogen) atoms. The maximum Gasteiger partial charge on any atom is 0.127 e. The largest absolute Gasteiger partial charge is 0.457 e. The molecule has 0 amide bonds. The maximum absolute atomic E-state index is 5.86. The molecule has 4 rings (SSSR count). The Labute approximate surface area is 161 Å². The summed E-state index contributed by atoms with van der Waals surface area (Å²) in [4.78, 5) is 2.55. The Kier molecular flexibility index (Phi) is 5.70. The van der Waals surface area contributed by atoms with Gasteiger partial charge in [0.25, 0.3) is 0 Å². The van der Waals surface area contributed by atoms with Crippen LogP contribution in [0.3, 0.4) is 0 Å². The van der Waals surface area contributed by atoms with E-state index < -0.39 is 0 Å². The lowest BCUT2D eigenvalue weighted by atomic mass is 10.0. The minimum atomic E-state index is 0.540. The van der Waals surface area contributed by atoms with Crippen molar-refractivity contribution in [3.8, 4) is 11.5 Å². The smallest absolute Gasteiger partial charge is 0.127 e. The first-order chi connectivity index (χ1) is 13.3. The van der Waals surface area contributed by atoms with E-state index in [2.05, 4.69) is 52.7 Å². The van der Waals surface area contributed by atoms with Gasteiger partial charge >= 0.3 is 0 Å². The lowest BCUT2D eigenvalue weighted by Gasteiger charge is -2.33. The molecule has 138 valence electrons. The van der Waals surface area contributed by atoms with E-state index in [-0.39, 0.29) is 0 Å². The molecule has 0 saturated carbocycles. The molecule has 0 atom stereocenters. The van der Waals surface area contributed by atoms with Crippen molar-refractivity contribution in [1.29, 1.82) is 0 Å². The predicted molar refractivity (Wildman–Crippen MR) is 111 cm³/mol. The van der Waals surface area contributed by atoms with E-state index in [1.807, 2.05) is 42.5 Å². The van der Waals surface area contributed by atoms with Gasteiger partial charge in [-0.3, -0.25) is 4.90 Å². The molecule has 3 nitrogen and oxygen atoms in total. The molecule has 1 fully saturated rings. The summed E-state index contributed by atoms with van der Waals surface area (Å²) in [5.74, 6) is 1.73. The molecule has 1 N–H and O–H groups in total. The third-order valence-corrected chi connectivity index (χ3v) is 5.04. The van der Waals surface area contributed by atoms with Crippen LogP contribution in [0.4, 0.5) is 5.69 Å². The third kappa shape index (κ3) is 5.11. The minimum absolute atomic E-state index is 0.540. The summed E-state index contributed by atoms with van der Waals surface area (Å²) < 4.78 is 5.86. The summed E-state index contributed by atoms with van der Waals surface area (Å²) in [6.07, 6.45) is 2.35. The fraction of sp³-hybridized carbons (Fsp3) is 0.250. The molecule has 1 aliphatic heterocycles. The molecular weight excluding hydrogens is 332 g/mol. The van der Waals surface area contributed by atoms with E-state index >= 15 is 0 Å². The molecule has 3 aromatic carbocycles. The summed E-state index contributed by atoms with van der Waals surface area (Å²) in [7, 11) is 0. The van der Waals surface area contributed by atoms with Gasteiger partial charge in [-0.25, -0.2) is 0 Å². The van der Waals surface area contributed by atoms with Crippen LogP contribution in [-0.4, -0.2) is 24.0 Å². The molecule has 0 spiro atoms. The van der Waals surface area contributed by atoms with Crippen LogP contribution in [0.25, 0.3) is 0 Å². The predicted octanol–water partition coefficient (Wildman–Crippen LogP) is 5.56. The summed E-state index contributed by atoms with van der Waals surface area (Å²) in [5, 5.41) is 3.67. The van der Waals surface area contributed by atoms with Gasteiger partial charge in [0, 0.05) is 31.4 Å². The molecule has 1 saturated heterocycles. The molecule has 3 aromatic rings. The number of rotatable bonds is 6. The van der Waals surface area contributed by atoms with Crippen molar-refractivity contribution in [3.63, 3.8) is 0 Å². The second-order valence-electron chi connectivity index (χ2n) is 7.12. The Bertz CT molecular complexity index is 810. The second kappa shape index (κ2) is 8.74. The van der Waals surface area contributed by atoms with E-state index in [0.717, 1.165) is 36.8 Å². The molecule has 1 aliphatic rings. The zero-order chi connectivity index (χ0) is 18.3. The highest BCUT2D eigenvalue weighted by molar-refractivity contribution is 5.48. The van der Waals surface area contributed by atoms with Gasteiger partial charge in [-0.05, 0) is 54.8 Å². The number of benzene rings is 3. The molecule has 0 aliphatic carbocycles. The van der Waals surface area contributed by atoms with E-state index in [1.165, 1.54) is 18.4 Å². The zero-order valence-corrected chi connectivity index (χ0v) is 15.6. The standard InChI is InChI=1S/C24H26N2O/c1-3-7-20(8-4-1)19-26-17-15-22(16-18-26)25-21-11-13-24(14-12-21)27-23-9-5-2-6-10-23/h1-14,22,25H,15-19H2. The first kappa shape index (κ1) is 17.6. The van der Waals surface area contributed by atoms with Crippen LogP contribution in [0, 0.1) is 0 Å². The van der Waals surface area contributed by atoms with Crippen molar-refractivity contribution in [3.05, 3.63) is 90.5 Å². The van der Waals surface area contributed by atoms with Crippen LogP contribution in [0.1, 0.15) is 18.4 Å². The highest BCUT2D eigenvalue weighted by Gasteiger charge is 2.19. The van der Waals surface area contributed by atoms with Crippen molar-refractivity contribution < 1.29 is 4.74 Å². The number of hydrogen-bond donors (Lipinski definition) is 1. The lowest BCUT2D eigenvalue weighted by Crippen LogP contribution is -2.38. The van der Waals surface area contributed by atoms with Gasteiger partial charge in [-0.2, -0.15) is 0 Å². The number of likely N-dealkylation sites (tertiary alicyclic amines) is 1. The number of nitrogens with one attached hydrogen (secondary N) is 1. The lowest BCUT2D eigenvalue weighted by molar-refractivity contribution is 0.211. The SMILES string of the molecule is c1ccc(CN2CCC(Nc3ccc(Oc4ccccc4)cc3)CC2)cc1. The topological polar surface area (TPSA) is 24.5 Å². The monoisotopic (exact) mass is 358 g/mol. The van der Waals surface area contributed by atoms with Gasteiger partial charge in [0.2, 0.25) is 0 Å². The van der Waals surface area contributed by atoms with E-state index in [9.17, 15) is 0 Å². The Morgan fingerprint density at radius 3 is 2.00 bits per heavy atom. The van der Waals surface area contributed by atoms with Crippen molar-refractivity contribution >= 4 is 5.69 Å². The van der Waals surface area contributed by atoms with Gasteiger partial charge in [0.1, 0.15) is 11.5 Å². The van der Waals surface area contributed by atoms with E-state index in [4.69, 9.17) is 4.74 Å². The van der Waals surface area contributed by atoms with Gasteiger partial charge in [0.15, 0.2) is 0 Å². The van der Waals surface area contributed by atoms with Crippen molar-refractivity contribution in [1.82, 2.24) is 4.90 Å². The van der Waals surface area contributed by atoms with E-state index in [1.54, 1.807) is 0 Å². The summed E-state index contributed by atoms with van der Waals surface area (Å²) in [6, 6.07) is 29.4. The Balaban J connectivity index is 1.25. The molecule has 0 bridgehead atoms. The third-order valence-electron chi connectivity index (χ3n) is 5.04. The first-order valence-corrected chi connectivity index (χ1v) is 9.71. The van der Waals surface area contributed by atoms with Crippen LogP contribution in [-0.2, 0) is 6.54 Å². The first-order valence-electron chi connectivity index (χ1n) is 9.71. The van der Waals surface area contributed by atoms with Crippen LogP contribution in [0.5, 0.6) is 11.5 Å². The average Bonchev–Trinajstić information content (AvgIpc) is 2.73. The fourth-order valence-electron chi connectivity index (χ4n) is 3.56. The van der Waals surface area contributed by atoms with Crippen LogP contribution in [0.15, 0.2) is 84.9 Å². The molecular formula is C24H26N2O. The van der Waals surface area contributed by atoms with Gasteiger partial charge in [-0.15, -0.1) is 0 Å². The number of hydrogen-bond acceptors (Lipinski definition) is 3. The summed E-state index contributed by atoms with van der Waals surface area (Å²) in [6.45, 7) is 3.34. The summed E-state index contributed by atoms with van der Waals surface area (Å²) in [5.41, 5.74) is 2.56. The van der Waals surface area contributed by atoms with Crippen LogP contribution < -0.4 is 10.1 Å². The second-order valence-corrected chi connectivity index (χ2v) is 7.12. The molecule has 0 aromatic heterocycles. The highest BCUT2D eigenvalue weighted by atomic mass is 16.5. The van der Waals surface area contributed by atoms with Crippen LogP contribution in [0.2, 0.25) is 0 Å². The van der Waals surface area contributed by atoms with Crippen LogP contribution >= 0.6 is 0 Å². The number of ether oxygens (including phenoxy) is 1. The minimum Gasteiger partial charge on any atom is -0.457 e. The van der Waals surface area contributed by atoms with Gasteiger partial charge in [0.05, 0.1) is 0 Å². The fourth-order valence-corrected chi connectivity index (χ4v) is 3.56. The van der Waals surface area contributed by atoms with Gasteiger partial charge in [-0.1, -0.05) is 48.5 Å². The number of piperidine rings is 1. The maximum atomic E-state index is 5.86. The molecule has 0 unspecified atom stereocenters. The quantitative estimate of drug-likeness (QED) is 0.625. The zero-order valence-electron chi connectivity index (χ0n) is 15.6. The highest BCUT2D eigenvalue weighted by Crippen LogP contribution is 2.24. The summed E-state index contributed by atoms with van der Waals surface area (Å²) >= 11 is 0. The van der Waals surface area contributed by atoms with Crippen molar-refractivity contribution in [2.75, 3.05) is 18.4 Å². The Morgan fingerprint density at radius 2 is 1.33 bits per heavy atom.